The number of anilines is 1. The van der Waals surface area contributed by atoms with Crippen molar-refractivity contribution in [3.05, 3.63) is 65.2 Å². The summed E-state index contributed by atoms with van der Waals surface area (Å²) in [6, 6.07) is 12.9. The molecule has 18 heavy (non-hydrogen) atoms. The molecule has 0 radical (unpaired) electrons. The molecule has 0 fully saturated rings. The van der Waals surface area contributed by atoms with E-state index in [1.54, 1.807) is 18.2 Å². The highest BCUT2D eigenvalue weighted by Gasteiger charge is 2.10. The average molecular weight is 244 g/mol. The summed E-state index contributed by atoms with van der Waals surface area (Å²) in [6.45, 7) is 0.0351. The molecule has 2 nitrogen and oxygen atoms in total. The second-order valence-electron chi connectivity index (χ2n) is 3.75. The zero-order valence-corrected chi connectivity index (χ0v) is 9.45. The Morgan fingerprint density at radius 1 is 1.06 bits per heavy atom. The van der Waals surface area contributed by atoms with Gasteiger partial charge in [0.15, 0.2) is 0 Å². The maximum Gasteiger partial charge on any atom is 0.132 e. The first-order chi connectivity index (χ1) is 8.70. The molecule has 0 bridgehead atoms. The number of halogens is 2. The van der Waals surface area contributed by atoms with Crippen LogP contribution in [0.15, 0.2) is 42.5 Å². The zero-order chi connectivity index (χ0) is 13.0. The molecular formula is C14H10F2N2. The van der Waals surface area contributed by atoms with Crippen molar-refractivity contribution >= 4 is 5.69 Å². The van der Waals surface area contributed by atoms with E-state index in [2.05, 4.69) is 5.32 Å². The Labute approximate surface area is 103 Å². The van der Waals surface area contributed by atoms with E-state index >= 15 is 0 Å². The van der Waals surface area contributed by atoms with Gasteiger partial charge in [0.1, 0.15) is 11.6 Å². The van der Waals surface area contributed by atoms with Gasteiger partial charge in [-0.25, -0.2) is 8.78 Å². The van der Waals surface area contributed by atoms with Crippen molar-refractivity contribution in [2.24, 2.45) is 0 Å². The number of hydrogen-bond acceptors (Lipinski definition) is 2. The van der Waals surface area contributed by atoms with E-state index in [0.29, 0.717) is 0 Å². The standard InChI is InChI=1S/C14H10F2N2/c15-13-6-10(8-17)7-14(16)12(13)9-18-11-4-2-1-3-5-11/h1-7,18H,9H2. The molecule has 1 N–H and O–H groups in total. The molecule has 0 spiro atoms. The van der Waals surface area contributed by atoms with Crippen molar-refractivity contribution < 1.29 is 8.78 Å². The lowest BCUT2D eigenvalue weighted by Crippen LogP contribution is -2.05. The van der Waals surface area contributed by atoms with Crippen molar-refractivity contribution in [2.75, 3.05) is 5.32 Å². The maximum atomic E-state index is 13.6. The van der Waals surface area contributed by atoms with Gasteiger partial charge in [-0.15, -0.1) is 0 Å². The molecule has 0 saturated carbocycles. The summed E-state index contributed by atoms with van der Waals surface area (Å²) in [5, 5.41) is 11.5. The molecule has 90 valence electrons. The quantitative estimate of drug-likeness (QED) is 0.897. The fraction of sp³-hybridized carbons (Fsp3) is 0.0714. The van der Waals surface area contributed by atoms with Crippen LogP contribution in [0.3, 0.4) is 0 Å². The Balaban J connectivity index is 2.18. The number of nitriles is 1. The van der Waals surface area contributed by atoms with Gasteiger partial charge in [-0.3, -0.25) is 0 Å². The molecule has 4 heteroatoms. The van der Waals surface area contributed by atoms with E-state index in [0.717, 1.165) is 17.8 Å². The second-order valence-corrected chi connectivity index (χ2v) is 3.75. The molecule has 0 aromatic heterocycles. The highest BCUT2D eigenvalue weighted by atomic mass is 19.1. The Hall–Kier alpha value is -2.41. The summed E-state index contributed by atoms with van der Waals surface area (Å²) in [7, 11) is 0. The van der Waals surface area contributed by atoms with Gasteiger partial charge in [0.25, 0.3) is 0 Å². The first kappa shape index (κ1) is 12.1. The van der Waals surface area contributed by atoms with Gasteiger partial charge in [-0.05, 0) is 24.3 Å². The van der Waals surface area contributed by atoms with Crippen LogP contribution in [0.25, 0.3) is 0 Å². The van der Waals surface area contributed by atoms with Crippen molar-refractivity contribution in [3.63, 3.8) is 0 Å². The van der Waals surface area contributed by atoms with Gasteiger partial charge in [-0.1, -0.05) is 18.2 Å². The molecule has 0 aliphatic rings. The van der Waals surface area contributed by atoms with E-state index in [9.17, 15) is 8.78 Å². The Morgan fingerprint density at radius 3 is 2.22 bits per heavy atom. The van der Waals surface area contributed by atoms with Gasteiger partial charge in [0, 0.05) is 17.8 Å². The summed E-state index contributed by atoms with van der Waals surface area (Å²) >= 11 is 0. The van der Waals surface area contributed by atoms with Crippen molar-refractivity contribution in [1.82, 2.24) is 0 Å². The highest BCUT2D eigenvalue weighted by molar-refractivity contribution is 5.44. The fourth-order valence-electron chi connectivity index (χ4n) is 1.58. The van der Waals surface area contributed by atoms with Crippen molar-refractivity contribution in [2.45, 2.75) is 6.54 Å². The Kier molecular flexibility index (Phi) is 3.54. The van der Waals surface area contributed by atoms with Gasteiger partial charge in [-0.2, -0.15) is 5.26 Å². The van der Waals surface area contributed by atoms with Crippen LogP contribution in [-0.4, -0.2) is 0 Å². The molecule has 0 aliphatic heterocycles. The van der Waals surface area contributed by atoms with Crippen LogP contribution in [-0.2, 0) is 6.54 Å². The summed E-state index contributed by atoms with van der Waals surface area (Å²) in [5.41, 5.74) is 0.687. The number of rotatable bonds is 3. The minimum absolute atomic E-state index is 0.0199. The number of nitrogens with one attached hydrogen (secondary N) is 1. The van der Waals surface area contributed by atoms with Crippen LogP contribution >= 0.6 is 0 Å². The minimum Gasteiger partial charge on any atom is -0.381 e. The fourth-order valence-corrected chi connectivity index (χ4v) is 1.58. The third-order valence-corrected chi connectivity index (χ3v) is 2.51. The second kappa shape index (κ2) is 5.28. The smallest absolute Gasteiger partial charge is 0.132 e. The van der Waals surface area contributed by atoms with Crippen LogP contribution in [0, 0.1) is 23.0 Å². The zero-order valence-electron chi connectivity index (χ0n) is 9.45. The van der Waals surface area contributed by atoms with E-state index in [4.69, 9.17) is 5.26 Å². The molecule has 2 aromatic rings. The van der Waals surface area contributed by atoms with E-state index in [1.165, 1.54) is 0 Å². The highest BCUT2D eigenvalue weighted by Crippen LogP contribution is 2.17. The predicted molar refractivity (Wildman–Crippen MR) is 64.8 cm³/mol. The van der Waals surface area contributed by atoms with Crippen LogP contribution in [0.1, 0.15) is 11.1 Å². The number of benzene rings is 2. The molecule has 0 amide bonds. The molecule has 0 saturated heterocycles. The maximum absolute atomic E-state index is 13.6. The third kappa shape index (κ3) is 2.64. The van der Waals surface area contributed by atoms with E-state index in [-0.39, 0.29) is 17.7 Å². The van der Waals surface area contributed by atoms with Gasteiger partial charge >= 0.3 is 0 Å². The van der Waals surface area contributed by atoms with Crippen molar-refractivity contribution in [3.8, 4) is 6.07 Å². The summed E-state index contributed by atoms with van der Waals surface area (Å²) in [4.78, 5) is 0. The first-order valence-corrected chi connectivity index (χ1v) is 5.37. The van der Waals surface area contributed by atoms with Gasteiger partial charge < -0.3 is 5.32 Å². The lowest BCUT2D eigenvalue weighted by Gasteiger charge is -2.08. The van der Waals surface area contributed by atoms with E-state index in [1.807, 2.05) is 18.2 Å². The summed E-state index contributed by atoms with van der Waals surface area (Å²) in [5.74, 6) is -1.43. The predicted octanol–water partition coefficient (Wildman–Crippen LogP) is 3.45. The van der Waals surface area contributed by atoms with Crippen molar-refractivity contribution in [1.29, 1.82) is 5.26 Å². The Morgan fingerprint density at radius 2 is 1.67 bits per heavy atom. The Bertz CT molecular complexity index is 565. The van der Waals surface area contributed by atoms with Gasteiger partial charge in [0.2, 0.25) is 0 Å². The lowest BCUT2D eigenvalue weighted by molar-refractivity contribution is 0.559. The molecule has 0 atom stereocenters. The molecule has 2 rings (SSSR count). The number of hydrogen-bond donors (Lipinski definition) is 1. The van der Waals surface area contributed by atoms with Gasteiger partial charge in [0.05, 0.1) is 11.6 Å². The topological polar surface area (TPSA) is 35.8 Å². The number of para-hydroxylation sites is 1. The van der Waals surface area contributed by atoms with Crippen LogP contribution in [0.4, 0.5) is 14.5 Å². The average Bonchev–Trinajstić information content (AvgIpc) is 2.38. The molecular weight excluding hydrogens is 234 g/mol. The first-order valence-electron chi connectivity index (χ1n) is 5.37. The molecule has 0 heterocycles. The normalized spacial score (nSPS) is 9.83. The number of nitrogens with zero attached hydrogens (tertiary/aromatic N) is 1. The summed E-state index contributed by atoms with van der Waals surface area (Å²) in [6.07, 6.45) is 0. The van der Waals surface area contributed by atoms with Crippen LogP contribution in [0.2, 0.25) is 0 Å². The minimum atomic E-state index is -0.713. The molecule has 2 aromatic carbocycles. The summed E-state index contributed by atoms with van der Waals surface area (Å²) < 4.78 is 27.1. The third-order valence-electron chi connectivity index (χ3n) is 2.51. The molecule has 0 unspecified atom stereocenters. The molecule has 0 aliphatic carbocycles. The SMILES string of the molecule is N#Cc1cc(F)c(CNc2ccccc2)c(F)c1. The van der Waals surface area contributed by atoms with Crippen LogP contribution in [0.5, 0.6) is 0 Å². The van der Waals surface area contributed by atoms with E-state index < -0.39 is 11.6 Å². The monoisotopic (exact) mass is 244 g/mol. The van der Waals surface area contributed by atoms with Crippen LogP contribution < -0.4 is 5.32 Å². The largest absolute Gasteiger partial charge is 0.381 e. The lowest BCUT2D eigenvalue weighted by atomic mass is 10.1.